The quantitative estimate of drug-likeness (QED) is 0.347. The van der Waals surface area contributed by atoms with Gasteiger partial charge < -0.3 is 5.21 Å². The third-order valence-electron chi connectivity index (χ3n) is 1.58. The molecule has 0 unspecified atom stereocenters. The number of thioether (sulfide) groups is 1. The van der Waals surface area contributed by atoms with Crippen molar-refractivity contribution in [2.75, 3.05) is 5.75 Å². The third-order valence-corrected chi connectivity index (χ3v) is 2.87. The first-order chi connectivity index (χ1) is 6.38. The fraction of sp³-hybridized carbons (Fsp3) is 0.300. The van der Waals surface area contributed by atoms with E-state index in [-0.39, 0.29) is 0 Å². The Morgan fingerprint density at radius 1 is 1.46 bits per heavy atom. The molecule has 0 spiro atoms. The molecule has 70 valence electrons. The van der Waals surface area contributed by atoms with Crippen LogP contribution in [-0.2, 0) is 0 Å². The molecule has 0 radical (unpaired) electrons. The highest BCUT2D eigenvalue weighted by molar-refractivity contribution is 7.99. The van der Waals surface area contributed by atoms with E-state index in [1.807, 2.05) is 24.3 Å². The van der Waals surface area contributed by atoms with E-state index >= 15 is 0 Å². The number of hydrogen-bond donors (Lipinski definition) is 1. The molecule has 0 fully saturated rings. The van der Waals surface area contributed by atoms with E-state index in [1.54, 1.807) is 11.8 Å². The highest BCUT2D eigenvalue weighted by Gasteiger charge is 1.98. The van der Waals surface area contributed by atoms with Crippen molar-refractivity contribution in [1.29, 1.82) is 0 Å². The van der Waals surface area contributed by atoms with Crippen LogP contribution in [0, 0.1) is 0 Å². The first kappa shape index (κ1) is 10.1. The molecule has 2 nitrogen and oxygen atoms in total. The van der Waals surface area contributed by atoms with Crippen LogP contribution in [0.25, 0.3) is 0 Å². The summed E-state index contributed by atoms with van der Waals surface area (Å²) in [6, 6.07) is 7.91. The number of rotatable bonds is 4. The SMILES string of the molecule is CCCSc1ccccc1C=NO. The van der Waals surface area contributed by atoms with Gasteiger partial charge in [-0.3, -0.25) is 0 Å². The average Bonchev–Trinajstić information content (AvgIpc) is 2.17. The highest BCUT2D eigenvalue weighted by Crippen LogP contribution is 2.21. The van der Waals surface area contributed by atoms with Crippen molar-refractivity contribution in [3.63, 3.8) is 0 Å². The Hall–Kier alpha value is -0.960. The molecule has 1 aromatic rings. The van der Waals surface area contributed by atoms with Crippen LogP contribution >= 0.6 is 11.8 Å². The smallest absolute Gasteiger partial charge is 0.0745 e. The number of benzene rings is 1. The van der Waals surface area contributed by atoms with Crippen LogP contribution in [0.1, 0.15) is 18.9 Å². The van der Waals surface area contributed by atoms with Crippen LogP contribution in [0.4, 0.5) is 0 Å². The molecule has 0 aliphatic rings. The second kappa shape index (κ2) is 5.65. The molecule has 1 aromatic carbocycles. The van der Waals surface area contributed by atoms with E-state index < -0.39 is 0 Å². The molecule has 1 rings (SSSR count). The molecule has 0 aromatic heterocycles. The molecular weight excluding hydrogens is 182 g/mol. The van der Waals surface area contributed by atoms with Crippen molar-refractivity contribution in [2.45, 2.75) is 18.2 Å². The van der Waals surface area contributed by atoms with Crippen molar-refractivity contribution in [1.82, 2.24) is 0 Å². The number of hydrogen-bond acceptors (Lipinski definition) is 3. The van der Waals surface area contributed by atoms with Crippen LogP contribution < -0.4 is 0 Å². The lowest BCUT2D eigenvalue weighted by Gasteiger charge is -2.02. The van der Waals surface area contributed by atoms with Gasteiger partial charge in [0.25, 0.3) is 0 Å². The Morgan fingerprint density at radius 3 is 2.92 bits per heavy atom. The molecule has 0 aliphatic heterocycles. The zero-order valence-corrected chi connectivity index (χ0v) is 8.42. The average molecular weight is 195 g/mol. The minimum Gasteiger partial charge on any atom is -0.411 e. The third kappa shape index (κ3) is 3.11. The van der Waals surface area contributed by atoms with Gasteiger partial charge in [-0.05, 0) is 18.2 Å². The molecule has 0 saturated heterocycles. The van der Waals surface area contributed by atoms with Gasteiger partial charge in [-0.15, -0.1) is 11.8 Å². The lowest BCUT2D eigenvalue weighted by Crippen LogP contribution is -1.86. The summed E-state index contributed by atoms with van der Waals surface area (Å²) in [5.41, 5.74) is 0.975. The summed E-state index contributed by atoms with van der Waals surface area (Å²) in [6.07, 6.45) is 2.62. The van der Waals surface area contributed by atoms with E-state index in [0.29, 0.717) is 0 Å². The predicted octanol–water partition coefficient (Wildman–Crippen LogP) is 3.00. The van der Waals surface area contributed by atoms with Gasteiger partial charge in [0.15, 0.2) is 0 Å². The second-order valence-corrected chi connectivity index (χ2v) is 3.77. The van der Waals surface area contributed by atoms with Gasteiger partial charge in [0.1, 0.15) is 0 Å². The molecule has 0 bridgehead atoms. The van der Waals surface area contributed by atoms with Crippen LogP contribution in [-0.4, -0.2) is 17.2 Å². The molecule has 0 aliphatic carbocycles. The molecule has 0 amide bonds. The monoisotopic (exact) mass is 195 g/mol. The van der Waals surface area contributed by atoms with E-state index in [4.69, 9.17) is 5.21 Å². The Kier molecular flexibility index (Phi) is 4.40. The molecular formula is C10H13NOS. The van der Waals surface area contributed by atoms with Crippen LogP contribution in [0.15, 0.2) is 34.3 Å². The van der Waals surface area contributed by atoms with Crippen LogP contribution in [0.5, 0.6) is 0 Å². The lowest BCUT2D eigenvalue weighted by molar-refractivity contribution is 0.322. The Morgan fingerprint density at radius 2 is 2.23 bits per heavy atom. The van der Waals surface area contributed by atoms with Gasteiger partial charge in [-0.25, -0.2) is 0 Å². The van der Waals surface area contributed by atoms with Crippen molar-refractivity contribution in [3.8, 4) is 0 Å². The zero-order chi connectivity index (χ0) is 9.52. The molecule has 3 heteroatoms. The van der Waals surface area contributed by atoms with Gasteiger partial charge in [0, 0.05) is 10.5 Å². The van der Waals surface area contributed by atoms with Gasteiger partial charge in [0.2, 0.25) is 0 Å². The predicted molar refractivity (Wildman–Crippen MR) is 56.8 cm³/mol. The summed E-state index contributed by atoms with van der Waals surface area (Å²) in [7, 11) is 0. The Bertz CT molecular complexity index is 286. The van der Waals surface area contributed by atoms with E-state index in [1.165, 1.54) is 11.1 Å². The summed E-state index contributed by atoms with van der Waals surface area (Å²) in [5, 5.41) is 11.5. The summed E-state index contributed by atoms with van der Waals surface area (Å²) in [4.78, 5) is 1.17. The van der Waals surface area contributed by atoms with Crippen LogP contribution in [0.2, 0.25) is 0 Å². The largest absolute Gasteiger partial charge is 0.411 e. The van der Waals surface area contributed by atoms with E-state index in [9.17, 15) is 0 Å². The first-order valence-corrected chi connectivity index (χ1v) is 5.26. The first-order valence-electron chi connectivity index (χ1n) is 4.27. The van der Waals surface area contributed by atoms with Crippen LogP contribution in [0.3, 0.4) is 0 Å². The lowest BCUT2D eigenvalue weighted by atomic mass is 10.2. The van der Waals surface area contributed by atoms with Gasteiger partial charge in [-0.2, -0.15) is 0 Å². The maximum Gasteiger partial charge on any atom is 0.0745 e. The fourth-order valence-corrected chi connectivity index (χ4v) is 1.88. The number of oxime groups is 1. The van der Waals surface area contributed by atoms with Crippen molar-refractivity contribution < 1.29 is 5.21 Å². The number of nitrogens with zero attached hydrogens (tertiary/aromatic N) is 1. The Labute approximate surface area is 82.7 Å². The standard InChI is InChI=1S/C10H13NOS/c1-2-7-13-10-6-4-3-5-9(10)8-11-12/h3-6,8,12H,2,7H2,1H3. The van der Waals surface area contributed by atoms with Gasteiger partial charge in [-0.1, -0.05) is 30.3 Å². The fourth-order valence-electron chi connectivity index (χ4n) is 0.993. The zero-order valence-electron chi connectivity index (χ0n) is 7.60. The Balaban J connectivity index is 2.78. The van der Waals surface area contributed by atoms with Crippen molar-refractivity contribution in [2.24, 2.45) is 5.16 Å². The molecule has 1 N–H and O–H groups in total. The molecule has 0 saturated carbocycles. The summed E-state index contributed by atoms with van der Waals surface area (Å²) in [6.45, 7) is 2.15. The second-order valence-electron chi connectivity index (χ2n) is 2.63. The summed E-state index contributed by atoms with van der Waals surface area (Å²) in [5.74, 6) is 1.09. The maximum atomic E-state index is 8.43. The minimum absolute atomic E-state index is 0.975. The molecule has 13 heavy (non-hydrogen) atoms. The molecule has 0 heterocycles. The molecule has 0 atom stereocenters. The maximum absolute atomic E-state index is 8.43. The normalized spacial score (nSPS) is 10.8. The minimum atomic E-state index is 0.975. The summed E-state index contributed by atoms with van der Waals surface area (Å²) >= 11 is 1.78. The topological polar surface area (TPSA) is 32.6 Å². The van der Waals surface area contributed by atoms with Gasteiger partial charge >= 0.3 is 0 Å². The van der Waals surface area contributed by atoms with Gasteiger partial charge in [0.05, 0.1) is 6.21 Å². The van der Waals surface area contributed by atoms with E-state index in [0.717, 1.165) is 17.7 Å². The van der Waals surface area contributed by atoms with E-state index in [2.05, 4.69) is 12.1 Å². The van der Waals surface area contributed by atoms with Crippen molar-refractivity contribution in [3.05, 3.63) is 29.8 Å². The highest BCUT2D eigenvalue weighted by atomic mass is 32.2. The summed E-state index contributed by atoms with van der Waals surface area (Å²) < 4.78 is 0. The van der Waals surface area contributed by atoms with Crippen molar-refractivity contribution >= 4 is 18.0 Å².